The highest BCUT2D eigenvalue weighted by Gasteiger charge is 2.08. The fourth-order valence-electron chi connectivity index (χ4n) is 1.26. The van der Waals surface area contributed by atoms with Crippen LogP contribution in [0.15, 0.2) is 0 Å². The van der Waals surface area contributed by atoms with Crippen LogP contribution in [-0.4, -0.2) is 42.0 Å². The molecule has 2 atom stereocenters. The van der Waals surface area contributed by atoms with Crippen LogP contribution in [0.5, 0.6) is 0 Å². The Hall–Kier alpha value is 0.270. The van der Waals surface area contributed by atoms with E-state index in [0.717, 1.165) is 25.3 Å². The Morgan fingerprint density at radius 3 is 2.46 bits per heavy atom. The van der Waals surface area contributed by atoms with E-state index in [1.165, 1.54) is 6.42 Å². The maximum atomic E-state index is 9.11. The molecule has 0 saturated heterocycles. The average Bonchev–Trinajstić information content (AvgIpc) is 2.10. The van der Waals surface area contributed by atoms with Gasteiger partial charge in [-0.15, -0.1) is 0 Å². The lowest BCUT2D eigenvalue weighted by molar-refractivity contribution is 0.160. The molecule has 0 aromatic carbocycles. The number of thiol groups is 1. The molecule has 0 fully saturated rings. The van der Waals surface area contributed by atoms with Crippen LogP contribution in [0.1, 0.15) is 26.7 Å². The predicted molar refractivity (Wildman–Crippen MR) is 61.4 cm³/mol. The number of rotatable bonds is 7. The summed E-state index contributed by atoms with van der Waals surface area (Å²) in [5.41, 5.74) is 0. The summed E-state index contributed by atoms with van der Waals surface area (Å²) >= 11 is 4.30. The molecule has 0 saturated carbocycles. The van der Waals surface area contributed by atoms with E-state index in [1.807, 2.05) is 6.92 Å². The zero-order valence-corrected chi connectivity index (χ0v) is 9.93. The molecule has 2 nitrogen and oxygen atoms in total. The third kappa shape index (κ3) is 7.35. The summed E-state index contributed by atoms with van der Waals surface area (Å²) in [5.74, 6) is 1.64. The van der Waals surface area contributed by atoms with Gasteiger partial charge in [0.1, 0.15) is 0 Å². The molecule has 0 amide bonds. The fourth-order valence-corrected chi connectivity index (χ4v) is 1.63. The molecule has 0 aromatic rings. The van der Waals surface area contributed by atoms with Gasteiger partial charge in [-0.25, -0.2) is 0 Å². The van der Waals surface area contributed by atoms with Crippen molar-refractivity contribution < 1.29 is 5.11 Å². The number of hydrogen-bond acceptors (Lipinski definition) is 3. The standard InChI is InChI=1S/C10H23NOS/c1-4-10(8-13)7-11(3)6-5-9(2)12/h9-10,12-13H,4-8H2,1-3H3. The number of aliphatic hydroxyl groups is 1. The first-order valence-electron chi connectivity index (χ1n) is 5.07. The maximum absolute atomic E-state index is 9.11. The third-order valence-electron chi connectivity index (χ3n) is 2.33. The highest BCUT2D eigenvalue weighted by molar-refractivity contribution is 7.80. The lowest BCUT2D eigenvalue weighted by Gasteiger charge is -2.22. The Morgan fingerprint density at radius 2 is 2.08 bits per heavy atom. The van der Waals surface area contributed by atoms with Crippen LogP contribution in [-0.2, 0) is 0 Å². The summed E-state index contributed by atoms with van der Waals surface area (Å²) in [6.45, 7) is 6.10. The van der Waals surface area contributed by atoms with Gasteiger partial charge in [0.2, 0.25) is 0 Å². The Morgan fingerprint density at radius 1 is 1.46 bits per heavy atom. The number of nitrogens with zero attached hydrogens (tertiary/aromatic N) is 1. The van der Waals surface area contributed by atoms with Gasteiger partial charge in [0.05, 0.1) is 6.10 Å². The zero-order valence-electron chi connectivity index (χ0n) is 9.03. The molecule has 0 rings (SSSR count). The van der Waals surface area contributed by atoms with Crippen LogP contribution >= 0.6 is 12.6 Å². The number of aliphatic hydroxyl groups excluding tert-OH is 1. The minimum absolute atomic E-state index is 0.182. The van der Waals surface area contributed by atoms with Gasteiger partial charge in [-0.2, -0.15) is 12.6 Å². The first-order valence-corrected chi connectivity index (χ1v) is 5.70. The first kappa shape index (κ1) is 13.3. The van der Waals surface area contributed by atoms with E-state index in [1.54, 1.807) is 0 Å². The van der Waals surface area contributed by atoms with Gasteiger partial charge in [-0.05, 0) is 32.1 Å². The van der Waals surface area contributed by atoms with Gasteiger partial charge in [0.15, 0.2) is 0 Å². The van der Waals surface area contributed by atoms with Crippen molar-refractivity contribution in [2.45, 2.75) is 32.8 Å². The Kier molecular flexibility index (Phi) is 7.81. The van der Waals surface area contributed by atoms with E-state index >= 15 is 0 Å². The van der Waals surface area contributed by atoms with Gasteiger partial charge in [0.25, 0.3) is 0 Å². The highest BCUT2D eigenvalue weighted by atomic mass is 32.1. The van der Waals surface area contributed by atoms with E-state index < -0.39 is 0 Å². The lowest BCUT2D eigenvalue weighted by atomic mass is 10.1. The molecule has 0 aliphatic heterocycles. The van der Waals surface area contributed by atoms with Gasteiger partial charge >= 0.3 is 0 Å². The smallest absolute Gasteiger partial charge is 0.0524 e. The molecule has 0 radical (unpaired) electrons. The number of hydrogen-bond donors (Lipinski definition) is 2. The molecule has 1 N–H and O–H groups in total. The molecule has 0 bridgehead atoms. The molecule has 0 aliphatic carbocycles. The zero-order chi connectivity index (χ0) is 10.3. The van der Waals surface area contributed by atoms with Crippen LogP contribution in [0.3, 0.4) is 0 Å². The molecule has 0 heterocycles. The van der Waals surface area contributed by atoms with Crippen LogP contribution in [0.4, 0.5) is 0 Å². The summed E-state index contributed by atoms with van der Waals surface area (Å²) in [7, 11) is 2.11. The molecule has 2 unspecified atom stereocenters. The minimum Gasteiger partial charge on any atom is -0.393 e. The van der Waals surface area contributed by atoms with Crippen molar-refractivity contribution in [2.24, 2.45) is 5.92 Å². The van der Waals surface area contributed by atoms with E-state index in [4.69, 9.17) is 5.11 Å². The highest BCUT2D eigenvalue weighted by Crippen LogP contribution is 2.06. The Labute approximate surface area is 87.7 Å². The van der Waals surface area contributed by atoms with Crippen LogP contribution in [0, 0.1) is 5.92 Å². The maximum Gasteiger partial charge on any atom is 0.0524 e. The van der Waals surface area contributed by atoms with Crippen molar-refractivity contribution in [2.75, 3.05) is 25.9 Å². The lowest BCUT2D eigenvalue weighted by Crippen LogP contribution is -2.28. The topological polar surface area (TPSA) is 23.5 Å². The van der Waals surface area contributed by atoms with Crippen molar-refractivity contribution in [1.82, 2.24) is 4.90 Å². The van der Waals surface area contributed by atoms with Gasteiger partial charge in [0, 0.05) is 13.1 Å². The second-order valence-corrected chi connectivity index (χ2v) is 4.22. The second kappa shape index (κ2) is 7.65. The normalized spacial score (nSPS) is 16.2. The van der Waals surface area contributed by atoms with E-state index in [9.17, 15) is 0 Å². The van der Waals surface area contributed by atoms with Crippen molar-refractivity contribution in [1.29, 1.82) is 0 Å². The minimum atomic E-state index is -0.182. The summed E-state index contributed by atoms with van der Waals surface area (Å²) in [6.07, 6.45) is 1.86. The average molecular weight is 205 g/mol. The van der Waals surface area contributed by atoms with Gasteiger partial charge in [-0.1, -0.05) is 13.3 Å². The third-order valence-corrected chi connectivity index (χ3v) is 2.85. The summed E-state index contributed by atoms with van der Waals surface area (Å²) in [5, 5.41) is 9.11. The van der Waals surface area contributed by atoms with Crippen LogP contribution in [0.2, 0.25) is 0 Å². The first-order chi connectivity index (χ1) is 6.10. The summed E-state index contributed by atoms with van der Waals surface area (Å²) < 4.78 is 0. The summed E-state index contributed by atoms with van der Waals surface area (Å²) in [6, 6.07) is 0. The van der Waals surface area contributed by atoms with Crippen LogP contribution < -0.4 is 0 Å². The monoisotopic (exact) mass is 205 g/mol. The molecule has 3 heteroatoms. The van der Waals surface area contributed by atoms with Crippen molar-refractivity contribution in [3.05, 3.63) is 0 Å². The molecule has 0 spiro atoms. The molecular formula is C10H23NOS. The Bertz CT molecular complexity index is 115. The van der Waals surface area contributed by atoms with Gasteiger partial charge in [-0.3, -0.25) is 0 Å². The summed E-state index contributed by atoms with van der Waals surface area (Å²) in [4.78, 5) is 2.27. The second-order valence-electron chi connectivity index (χ2n) is 3.86. The molecule has 0 aliphatic rings. The van der Waals surface area contributed by atoms with E-state index in [-0.39, 0.29) is 6.10 Å². The van der Waals surface area contributed by atoms with Gasteiger partial charge < -0.3 is 10.0 Å². The predicted octanol–water partition coefficient (Wildman–Crippen LogP) is 1.65. The molecule has 80 valence electrons. The fraction of sp³-hybridized carbons (Fsp3) is 1.00. The van der Waals surface area contributed by atoms with Crippen molar-refractivity contribution in [3.8, 4) is 0 Å². The molecule has 0 aromatic heterocycles. The quantitative estimate of drug-likeness (QED) is 0.617. The van der Waals surface area contributed by atoms with Crippen LogP contribution in [0.25, 0.3) is 0 Å². The Balaban J connectivity index is 3.53. The largest absolute Gasteiger partial charge is 0.393 e. The molecular weight excluding hydrogens is 182 g/mol. The molecule has 13 heavy (non-hydrogen) atoms. The van der Waals surface area contributed by atoms with Crippen molar-refractivity contribution in [3.63, 3.8) is 0 Å². The van der Waals surface area contributed by atoms with E-state index in [2.05, 4.69) is 31.5 Å². The SMILES string of the molecule is CCC(CS)CN(C)CCC(C)O. The van der Waals surface area contributed by atoms with Crippen molar-refractivity contribution >= 4 is 12.6 Å². The van der Waals surface area contributed by atoms with E-state index in [0.29, 0.717) is 5.92 Å².